The van der Waals surface area contributed by atoms with Crippen molar-refractivity contribution in [2.24, 2.45) is 0 Å². The zero-order valence-electron chi connectivity index (χ0n) is 13.4. The van der Waals surface area contributed by atoms with Gasteiger partial charge in [-0.2, -0.15) is 0 Å². The van der Waals surface area contributed by atoms with Crippen molar-refractivity contribution in [1.29, 1.82) is 0 Å². The quantitative estimate of drug-likeness (QED) is 0.832. The molecule has 2 heterocycles. The lowest BCUT2D eigenvalue weighted by atomic mass is 9.98. The van der Waals surface area contributed by atoms with Gasteiger partial charge in [-0.3, -0.25) is 4.90 Å². The number of hydrogen-bond donors (Lipinski definition) is 2. The van der Waals surface area contributed by atoms with Crippen LogP contribution in [0.5, 0.6) is 5.75 Å². The zero-order valence-corrected chi connectivity index (χ0v) is 13.4. The summed E-state index contributed by atoms with van der Waals surface area (Å²) in [7, 11) is 1.66. The molecule has 122 valence electrons. The predicted molar refractivity (Wildman–Crippen MR) is 89.5 cm³/mol. The Labute approximate surface area is 132 Å². The van der Waals surface area contributed by atoms with Gasteiger partial charge >= 0.3 is 0 Å². The summed E-state index contributed by atoms with van der Waals surface area (Å²) in [6.07, 6.45) is 4.25. The highest BCUT2D eigenvalue weighted by Crippen LogP contribution is 2.30. The summed E-state index contributed by atoms with van der Waals surface area (Å²) >= 11 is 0. The van der Waals surface area contributed by atoms with E-state index >= 15 is 0 Å². The lowest BCUT2D eigenvalue weighted by Gasteiger charge is -2.42. The zero-order chi connectivity index (χ0) is 15.5. The van der Waals surface area contributed by atoms with E-state index in [1.165, 1.54) is 5.69 Å². The molecule has 2 aliphatic rings. The normalized spacial score (nSPS) is 24.5. The van der Waals surface area contributed by atoms with E-state index in [4.69, 9.17) is 10.5 Å². The first-order chi connectivity index (χ1) is 10.7. The van der Waals surface area contributed by atoms with Crippen molar-refractivity contribution in [3.05, 3.63) is 18.2 Å². The van der Waals surface area contributed by atoms with Crippen molar-refractivity contribution in [3.63, 3.8) is 0 Å². The third-order valence-corrected chi connectivity index (χ3v) is 4.99. The number of likely N-dealkylation sites (tertiary alicyclic amines) is 1. The Morgan fingerprint density at radius 1 is 1.18 bits per heavy atom. The second-order valence-corrected chi connectivity index (χ2v) is 6.44. The van der Waals surface area contributed by atoms with Gasteiger partial charge in [0.2, 0.25) is 0 Å². The average Bonchev–Trinajstić information content (AvgIpc) is 2.55. The summed E-state index contributed by atoms with van der Waals surface area (Å²) in [5.41, 5.74) is 7.76. The van der Waals surface area contributed by atoms with Gasteiger partial charge in [0.15, 0.2) is 0 Å². The second kappa shape index (κ2) is 6.75. The van der Waals surface area contributed by atoms with E-state index in [9.17, 15) is 5.11 Å². The lowest BCUT2D eigenvalue weighted by Crippen LogP contribution is -2.49. The molecule has 0 radical (unpaired) electrons. The maximum absolute atomic E-state index is 9.85. The van der Waals surface area contributed by atoms with Crippen LogP contribution in [-0.4, -0.2) is 55.4 Å². The largest absolute Gasteiger partial charge is 0.495 e. The van der Waals surface area contributed by atoms with E-state index in [1.54, 1.807) is 7.11 Å². The Hall–Kier alpha value is -1.46. The maximum Gasteiger partial charge on any atom is 0.143 e. The number of ether oxygens (including phenoxy) is 1. The fourth-order valence-corrected chi connectivity index (χ4v) is 3.70. The van der Waals surface area contributed by atoms with Crippen LogP contribution in [0, 0.1) is 0 Å². The number of methoxy groups -OCH3 is 1. The van der Waals surface area contributed by atoms with Crippen LogP contribution < -0.4 is 15.4 Å². The van der Waals surface area contributed by atoms with E-state index < -0.39 is 0 Å². The first kappa shape index (κ1) is 15.4. The summed E-state index contributed by atoms with van der Waals surface area (Å²) in [6, 6.07) is 6.63. The maximum atomic E-state index is 9.85. The number of β-amino-alcohol motifs (C(OH)–C–C–N with tert-alkyl or cyclic N) is 1. The number of aliphatic hydroxyl groups is 1. The van der Waals surface area contributed by atoms with Gasteiger partial charge in [0, 0.05) is 37.4 Å². The van der Waals surface area contributed by atoms with E-state index in [1.807, 2.05) is 12.1 Å². The average molecular weight is 305 g/mol. The van der Waals surface area contributed by atoms with E-state index in [0.29, 0.717) is 11.7 Å². The first-order valence-corrected chi connectivity index (χ1v) is 8.28. The Bertz CT molecular complexity index is 501. The lowest BCUT2D eigenvalue weighted by molar-refractivity contribution is 0.0398. The van der Waals surface area contributed by atoms with Crippen LogP contribution >= 0.6 is 0 Å². The molecule has 0 bridgehead atoms. The van der Waals surface area contributed by atoms with Gasteiger partial charge in [-0.05, 0) is 44.4 Å². The molecular weight excluding hydrogens is 278 g/mol. The molecule has 2 saturated heterocycles. The summed E-state index contributed by atoms with van der Waals surface area (Å²) in [6.45, 7) is 4.08. The highest BCUT2D eigenvalue weighted by molar-refractivity contribution is 5.62. The number of benzene rings is 1. The Balaban J connectivity index is 1.59. The molecule has 0 spiro atoms. The van der Waals surface area contributed by atoms with Crippen molar-refractivity contribution < 1.29 is 9.84 Å². The van der Waals surface area contributed by atoms with Crippen LogP contribution in [0.2, 0.25) is 0 Å². The molecule has 1 atom stereocenters. The molecule has 0 aliphatic carbocycles. The fourth-order valence-electron chi connectivity index (χ4n) is 3.70. The molecule has 5 nitrogen and oxygen atoms in total. The van der Waals surface area contributed by atoms with Crippen LogP contribution in [0.1, 0.15) is 25.7 Å². The van der Waals surface area contributed by atoms with Crippen LogP contribution in [0.25, 0.3) is 0 Å². The second-order valence-electron chi connectivity index (χ2n) is 6.44. The summed E-state index contributed by atoms with van der Waals surface area (Å²) in [5.74, 6) is 0.749. The molecule has 1 aromatic carbocycles. The monoisotopic (exact) mass is 305 g/mol. The molecular formula is C17H27N3O2. The van der Waals surface area contributed by atoms with Crippen molar-refractivity contribution in [3.8, 4) is 5.75 Å². The highest BCUT2D eigenvalue weighted by atomic mass is 16.5. The van der Waals surface area contributed by atoms with Crippen molar-refractivity contribution in [2.45, 2.75) is 37.8 Å². The van der Waals surface area contributed by atoms with Gasteiger partial charge < -0.3 is 20.5 Å². The van der Waals surface area contributed by atoms with E-state index in [0.717, 1.165) is 57.6 Å². The number of nitrogens with two attached hydrogens (primary N) is 1. The number of nitrogens with zero attached hydrogens (tertiary/aromatic N) is 2. The fraction of sp³-hybridized carbons (Fsp3) is 0.647. The number of anilines is 2. The predicted octanol–water partition coefficient (Wildman–Crippen LogP) is 1.70. The Morgan fingerprint density at radius 2 is 1.95 bits per heavy atom. The standard InChI is InChI=1S/C17H27N3O2/c1-22-17-11-14(4-5-16(17)18)19-9-6-13(7-10-19)20-8-2-3-15(21)12-20/h4-5,11,13,15,21H,2-3,6-10,12,18H2,1H3. The first-order valence-electron chi connectivity index (χ1n) is 8.28. The van der Waals surface area contributed by atoms with Crippen LogP contribution in [0.15, 0.2) is 18.2 Å². The van der Waals surface area contributed by atoms with Gasteiger partial charge in [0.1, 0.15) is 5.75 Å². The van der Waals surface area contributed by atoms with Gasteiger partial charge in [-0.1, -0.05) is 0 Å². The van der Waals surface area contributed by atoms with Crippen LogP contribution in [0.3, 0.4) is 0 Å². The number of hydrogen-bond acceptors (Lipinski definition) is 5. The summed E-state index contributed by atoms with van der Waals surface area (Å²) < 4.78 is 5.32. The topological polar surface area (TPSA) is 62.0 Å². The molecule has 1 aromatic rings. The molecule has 3 rings (SSSR count). The minimum absolute atomic E-state index is 0.131. The van der Waals surface area contributed by atoms with E-state index in [2.05, 4.69) is 15.9 Å². The highest BCUT2D eigenvalue weighted by Gasteiger charge is 2.28. The molecule has 3 N–H and O–H groups in total. The van der Waals surface area contributed by atoms with Gasteiger partial charge in [0.05, 0.1) is 18.9 Å². The molecule has 2 fully saturated rings. The Morgan fingerprint density at radius 3 is 2.64 bits per heavy atom. The van der Waals surface area contributed by atoms with Crippen molar-refractivity contribution in [1.82, 2.24) is 4.90 Å². The minimum Gasteiger partial charge on any atom is -0.495 e. The molecule has 0 amide bonds. The minimum atomic E-state index is -0.131. The SMILES string of the molecule is COc1cc(N2CCC(N3CCCC(O)C3)CC2)ccc1N. The summed E-state index contributed by atoms with van der Waals surface area (Å²) in [4.78, 5) is 4.88. The number of rotatable bonds is 3. The third-order valence-electron chi connectivity index (χ3n) is 4.99. The number of nitrogen functional groups attached to an aromatic ring is 1. The number of aliphatic hydroxyl groups excluding tert-OH is 1. The molecule has 0 saturated carbocycles. The van der Waals surface area contributed by atoms with Crippen molar-refractivity contribution in [2.75, 3.05) is 43.9 Å². The summed E-state index contributed by atoms with van der Waals surface area (Å²) in [5, 5.41) is 9.85. The van der Waals surface area contributed by atoms with Gasteiger partial charge in [-0.15, -0.1) is 0 Å². The molecule has 1 unspecified atom stereocenters. The Kier molecular flexibility index (Phi) is 4.74. The van der Waals surface area contributed by atoms with Crippen LogP contribution in [0.4, 0.5) is 11.4 Å². The van der Waals surface area contributed by atoms with Crippen molar-refractivity contribution >= 4 is 11.4 Å². The molecule has 5 heteroatoms. The molecule has 0 aromatic heterocycles. The third kappa shape index (κ3) is 3.31. The molecule has 22 heavy (non-hydrogen) atoms. The van der Waals surface area contributed by atoms with E-state index in [-0.39, 0.29) is 6.10 Å². The molecule has 2 aliphatic heterocycles. The smallest absolute Gasteiger partial charge is 0.143 e. The van der Waals surface area contributed by atoms with Gasteiger partial charge in [0.25, 0.3) is 0 Å². The number of piperidine rings is 2. The van der Waals surface area contributed by atoms with Crippen LogP contribution in [-0.2, 0) is 0 Å². The van der Waals surface area contributed by atoms with Gasteiger partial charge in [-0.25, -0.2) is 0 Å².